The van der Waals surface area contributed by atoms with Crippen molar-refractivity contribution >= 4 is 34.5 Å². The number of benzene rings is 2. The van der Waals surface area contributed by atoms with E-state index < -0.39 is 0 Å². The summed E-state index contributed by atoms with van der Waals surface area (Å²) in [5.74, 6) is 0.434. The number of H-pyrrole nitrogens is 1. The molecule has 5 rings (SSSR count). The van der Waals surface area contributed by atoms with Crippen molar-refractivity contribution in [1.29, 1.82) is 0 Å². The van der Waals surface area contributed by atoms with Crippen molar-refractivity contribution in [2.24, 2.45) is 0 Å². The van der Waals surface area contributed by atoms with Crippen LogP contribution in [0.4, 0.5) is 10.5 Å². The molecular weight excluding hydrogens is 466 g/mol. The van der Waals surface area contributed by atoms with Crippen LogP contribution in [0.25, 0.3) is 11.2 Å². The molecule has 1 fully saturated rings. The van der Waals surface area contributed by atoms with Gasteiger partial charge in [0.25, 0.3) is 5.56 Å². The van der Waals surface area contributed by atoms with Gasteiger partial charge in [-0.1, -0.05) is 47.1 Å². The van der Waals surface area contributed by atoms with Crippen molar-refractivity contribution in [1.82, 2.24) is 29.9 Å². The van der Waals surface area contributed by atoms with E-state index in [0.717, 1.165) is 35.2 Å². The predicted molar refractivity (Wildman–Crippen MR) is 135 cm³/mol. The Bertz CT molecular complexity index is 1460. The van der Waals surface area contributed by atoms with Gasteiger partial charge in [0.05, 0.1) is 6.54 Å². The quantitative estimate of drug-likeness (QED) is 0.443. The van der Waals surface area contributed by atoms with E-state index in [1.165, 1.54) is 0 Å². The molecule has 0 radical (unpaired) electrons. The minimum absolute atomic E-state index is 0.103. The summed E-state index contributed by atoms with van der Waals surface area (Å²) < 4.78 is 1.59. The lowest BCUT2D eigenvalue weighted by molar-refractivity contribution is 0.191. The van der Waals surface area contributed by atoms with Crippen LogP contribution in [0, 0.1) is 13.8 Å². The Labute approximate surface area is 207 Å². The maximum absolute atomic E-state index is 13.0. The Morgan fingerprint density at radius 3 is 2.89 bits per heavy atom. The molecule has 0 bridgehead atoms. The van der Waals surface area contributed by atoms with Crippen LogP contribution in [0.1, 0.15) is 41.3 Å². The van der Waals surface area contributed by atoms with Gasteiger partial charge in [-0.2, -0.15) is 0 Å². The van der Waals surface area contributed by atoms with Gasteiger partial charge >= 0.3 is 6.03 Å². The first-order chi connectivity index (χ1) is 16.9. The van der Waals surface area contributed by atoms with Gasteiger partial charge in [-0.3, -0.25) is 4.79 Å². The number of carbonyl (C=O) groups is 1. The van der Waals surface area contributed by atoms with Crippen LogP contribution >= 0.6 is 11.6 Å². The fourth-order valence-corrected chi connectivity index (χ4v) is 4.62. The molecule has 10 heteroatoms. The first kappa shape index (κ1) is 23.0. The summed E-state index contributed by atoms with van der Waals surface area (Å²) in [6.45, 7) is 5.41. The van der Waals surface area contributed by atoms with Gasteiger partial charge in [0.2, 0.25) is 0 Å². The molecule has 0 saturated carbocycles. The lowest BCUT2D eigenvalue weighted by Gasteiger charge is -2.32. The predicted octanol–water partition coefficient (Wildman–Crippen LogP) is 4.24. The first-order valence-corrected chi connectivity index (χ1v) is 12.0. The number of urea groups is 1. The molecule has 1 atom stereocenters. The molecule has 4 aromatic rings. The second-order valence-electron chi connectivity index (χ2n) is 9.00. The molecule has 3 heterocycles. The minimum atomic E-state index is -0.340. The van der Waals surface area contributed by atoms with Gasteiger partial charge in [-0.15, -0.1) is 5.10 Å². The Morgan fingerprint density at radius 2 is 2.06 bits per heavy atom. The van der Waals surface area contributed by atoms with Gasteiger partial charge in [-0.25, -0.2) is 14.5 Å². The van der Waals surface area contributed by atoms with Gasteiger partial charge in [-0.05, 0) is 55.5 Å². The fourth-order valence-electron chi connectivity index (χ4n) is 4.42. The number of aromatic nitrogens is 5. The smallest absolute Gasteiger partial charge is 0.321 e. The molecule has 0 aliphatic carbocycles. The van der Waals surface area contributed by atoms with E-state index in [1.54, 1.807) is 9.58 Å². The molecule has 1 saturated heterocycles. The number of aromatic amines is 1. The Morgan fingerprint density at radius 1 is 1.23 bits per heavy atom. The highest BCUT2D eigenvalue weighted by Gasteiger charge is 2.28. The number of carbonyl (C=O) groups excluding carboxylic acids is 1. The molecule has 1 unspecified atom stereocenters. The average Bonchev–Trinajstić information content (AvgIpc) is 3.26. The van der Waals surface area contributed by atoms with E-state index in [2.05, 4.69) is 20.6 Å². The van der Waals surface area contributed by atoms with E-state index in [4.69, 9.17) is 16.6 Å². The van der Waals surface area contributed by atoms with Crippen molar-refractivity contribution in [3.8, 4) is 0 Å². The van der Waals surface area contributed by atoms with Gasteiger partial charge in [0, 0.05) is 29.7 Å². The summed E-state index contributed by atoms with van der Waals surface area (Å²) in [4.78, 5) is 35.2. The van der Waals surface area contributed by atoms with Gasteiger partial charge < -0.3 is 15.2 Å². The number of aryl methyl sites for hydroxylation is 2. The van der Waals surface area contributed by atoms with Gasteiger partial charge in [0.15, 0.2) is 11.2 Å². The van der Waals surface area contributed by atoms with Gasteiger partial charge in [0.1, 0.15) is 5.82 Å². The summed E-state index contributed by atoms with van der Waals surface area (Å²) in [7, 11) is 0. The van der Waals surface area contributed by atoms with Crippen molar-refractivity contribution in [3.05, 3.63) is 80.4 Å². The van der Waals surface area contributed by atoms with E-state index in [-0.39, 0.29) is 23.0 Å². The number of halogens is 1. The van der Waals surface area contributed by atoms with E-state index >= 15 is 0 Å². The topological polar surface area (TPSA) is 109 Å². The number of hydrogen-bond donors (Lipinski definition) is 2. The molecule has 2 amide bonds. The number of nitrogens with zero attached hydrogens (tertiary/aromatic N) is 5. The largest absolute Gasteiger partial charge is 0.324 e. The zero-order valence-electron chi connectivity index (χ0n) is 19.6. The molecule has 1 aliphatic heterocycles. The molecule has 35 heavy (non-hydrogen) atoms. The zero-order valence-corrected chi connectivity index (χ0v) is 20.3. The molecular formula is C25H26ClN7O2. The third-order valence-electron chi connectivity index (χ3n) is 6.40. The normalized spacial score (nSPS) is 16.0. The number of piperidine rings is 1. The summed E-state index contributed by atoms with van der Waals surface area (Å²) in [5.41, 5.74) is 4.00. The number of rotatable bonds is 4. The second-order valence-corrected chi connectivity index (χ2v) is 9.40. The zero-order chi connectivity index (χ0) is 24.5. The van der Waals surface area contributed by atoms with Crippen LogP contribution in [-0.4, -0.2) is 49.0 Å². The standard InChI is InChI=1S/C25H26ClN7O2/c1-15-9-10-16(2)20(12-15)27-25(35)32-11-5-7-18(13-32)22-28-23-21(24(34)29-22)30-31-33(23)14-17-6-3-4-8-19(17)26/h3-4,6,8-10,12,18H,5,7,11,13-14H2,1-2H3,(H,27,35)(H,28,29,34). The van der Waals surface area contributed by atoms with E-state index in [9.17, 15) is 9.59 Å². The third kappa shape index (κ3) is 4.77. The summed E-state index contributed by atoms with van der Waals surface area (Å²) in [5, 5.41) is 11.8. The Hall–Kier alpha value is -3.72. The van der Waals surface area contributed by atoms with Crippen molar-refractivity contribution in [2.45, 2.75) is 39.2 Å². The number of anilines is 1. The SMILES string of the molecule is Cc1ccc(C)c(NC(=O)N2CCCC(c3nc4c(nnn4Cc4ccccc4Cl)c(=O)[nH]3)C2)c1. The maximum Gasteiger partial charge on any atom is 0.321 e. The number of amides is 2. The van der Waals surface area contributed by atoms with Crippen LogP contribution in [0.3, 0.4) is 0 Å². The number of nitrogens with one attached hydrogen (secondary N) is 2. The van der Waals surface area contributed by atoms with E-state index in [0.29, 0.717) is 36.1 Å². The lowest BCUT2D eigenvalue weighted by atomic mass is 9.97. The summed E-state index contributed by atoms with van der Waals surface area (Å²) in [6, 6.07) is 13.3. The number of fused-ring (bicyclic) bond motifs is 1. The number of hydrogen-bond acceptors (Lipinski definition) is 5. The van der Waals surface area contributed by atoms with Crippen molar-refractivity contribution in [3.63, 3.8) is 0 Å². The molecule has 9 nitrogen and oxygen atoms in total. The monoisotopic (exact) mass is 491 g/mol. The van der Waals surface area contributed by atoms with Crippen molar-refractivity contribution < 1.29 is 4.79 Å². The highest BCUT2D eigenvalue weighted by atomic mass is 35.5. The Kier molecular flexibility index (Phi) is 6.25. The average molecular weight is 492 g/mol. The highest BCUT2D eigenvalue weighted by molar-refractivity contribution is 6.31. The van der Waals surface area contributed by atoms with Crippen LogP contribution < -0.4 is 10.9 Å². The molecule has 2 aromatic carbocycles. The maximum atomic E-state index is 13.0. The van der Waals surface area contributed by atoms with Crippen molar-refractivity contribution in [2.75, 3.05) is 18.4 Å². The molecule has 2 N–H and O–H groups in total. The highest BCUT2D eigenvalue weighted by Crippen LogP contribution is 2.26. The second kappa shape index (κ2) is 9.50. The minimum Gasteiger partial charge on any atom is -0.324 e. The third-order valence-corrected chi connectivity index (χ3v) is 6.77. The molecule has 2 aromatic heterocycles. The lowest BCUT2D eigenvalue weighted by Crippen LogP contribution is -2.42. The van der Waals surface area contributed by atoms with Crippen LogP contribution in [0.2, 0.25) is 5.02 Å². The fraction of sp³-hybridized carbons (Fsp3) is 0.320. The Balaban J connectivity index is 1.38. The number of likely N-dealkylation sites (tertiary alicyclic amines) is 1. The van der Waals surface area contributed by atoms with Crippen LogP contribution in [0.5, 0.6) is 0 Å². The first-order valence-electron chi connectivity index (χ1n) is 11.6. The molecule has 180 valence electrons. The van der Waals surface area contributed by atoms with E-state index in [1.807, 2.05) is 56.3 Å². The summed E-state index contributed by atoms with van der Waals surface area (Å²) in [6.07, 6.45) is 1.62. The summed E-state index contributed by atoms with van der Waals surface area (Å²) >= 11 is 6.31. The van der Waals surface area contributed by atoms with Crippen LogP contribution in [0.15, 0.2) is 47.3 Å². The molecule has 0 spiro atoms. The molecule has 1 aliphatic rings. The van der Waals surface area contributed by atoms with Crippen LogP contribution in [-0.2, 0) is 6.54 Å².